The number of fused-ring (bicyclic) bond motifs is 1. The minimum Gasteiger partial charge on any atom is -0.495 e. The number of carbonyl (C=O) groups excluding carboxylic acids is 1. The zero-order chi connectivity index (χ0) is 18.7. The molecule has 1 aromatic heterocycles. The first kappa shape index (κ1) is 18.7. The van der Waals surface area contributed by atoms with Crippen LogP contribution in [0.5, 0.6) is 11.5 Å². The number of halogens is 2. The number of aryl methyl sites for hydroxylation is 1. The largest absolute Gasteiger partial charge is 0.495 e. The quantitative estimate of drug-likeness (QED) is 0.553. The van der Waals surface area contributed by atoms with Crippen LogP contribution in [0, 0.1) is 6.92 Å². The average molecular weight is 480 g/mol. The number of hydrogen-bond acceptors (Lipinski definition) is 4. The molecule has 0 atom stereocenters. The smallest absolute Gasteiger partial charge is 0.262 e. The number of ether oxygens (including phenoxy) is 2. The highest BCUT2D eigenvalue weighted by Gasteiger charge is 2.14. The Labute approximate surface area is 168 Å². The number of methoxy groups -OCH3 is 1. The molecular weight excluding hydrogens is 464 g/mol. The van der Waals surface area contributed by atoms with Crippen molar-refractivity contribution < 1.29 is 14.3 Å². The molecule has 0 bridgehead atoms. The summed E-state index contributed by atoms with van der Waals surface area (Å²) < 4.78 is 12.7. The van der Waals surface area contributed by atoms with Crippen molar-refractivity contribution in [2.24, 2.45) is 0 Å². The lowest BCUT2D eigenvalue weighted by atomic mass is 10.2. The van der Waals surface area contributed by atoms with E-state index in [-0.39, 0.29) is 12.5 Å². The van der Waals surface area contributed by atoms with E-state index in [9.17, 15) is 4.79 Å². The van der Waals surface area contributed by atoms with Gasteiger partial charge in [0.15, 0.2) is 12.4 Å². The van der Waals surface area contributed by atoms with Crippen LogP contribution in [-0.2, 0) is 4.79 Å². The van der Waals surface area contributed by atoms with Crippen molar-refractivity contribution in [3.8, 4) is 11.5 Å². The molecule has 0 radical (unpaired) electrons. The zero-order valence-corrected chi connectivity index (χ0v) is 17.3. The summed E-state index contributed by atoms with van der Waals surface area (Å²) in [5.41, 5.74) is 2.31. The molecule has 26 heavy (non-hydrogen) atoms. The van der Waals surface area contributed by atoms with Crippen LogP contribution in [0.1, 0.15) is 5.56 Å². The first-order chi connectivity index (χ1) is 12.5. The molecule has 0 aliphatic rings. The third kappa shape index (κ3) is 3.99. The van der Waals surface area contributed by atoms with Crippen molar-refractivity contribution in [3.05, 3.63) is 57.1 Å². The van der Waals surface area contributed by atoms with Gasteiger partial charge in [-0.2, -0.15) is 0 Å². The monoisotopic (exact) mass is 478 g/mol. The molecule has 0 fully saturated rings. The van der Waals surface area contributed by atoms with E-state index in [0.29, 0.717) is 22.7 Å². The van der Waals surface area contributed by atoms with Crippen LogP contribution in [0.3, 0.4) is 0 Å². The molecule has 1 amide bonds. The van der Waals surface area contributed by atoms with E-state index in [1.807, 2.05) is 43.3 Å². The van der Waals surface area contributed by atoms with Gasteiger partial charge in [-0.1, -0.05) is 28.1 Å². The standard InChI is InChI=1S/C19H16Br2N2O3/c1-11-5-6-16(25-2)15(8-11)23-17(24)10-26-19-14(21)9-13(20)12-4-3-7-22-18(12)19/h3-9H,10H2,1-2H3,(H,23,24). The third-order valence-corrected chi connectivity index (χ3v) is 4.97. The van der Waals surface area contributed by atoms with E-state index in [2.05, 4.69) is 42.2 Å². The third-order valence-electron chi connectivity index (χ3n) is 3.73. The van der Waals surface area contributed by atoms with E-state index in [4.69, 9.17) is 9.47 Å². The summed E-state index contributed by atoms with van der Waals surface area (Å²) in [6.45, 7) is 1.80. The number of amides is 1. The minimum atomic E-state index is -0.284. The second-order valence-corrected chi connectivity index (χ2v) is 7.32. The molecular formula is C19H16Br2N2O3. The van der Waals surface area contributed by atoms with Crippen LogP contribution in [-0.4, -0.2) is 24.6 Å². The number of aromatic nitrogens is 1. The van der Waals surface area contributed by atoms with E-state index in [0.717, 1.165) is 19.9 Å². The van der Waals surface area contributed by atoms with Gasteiger partial charge in [-0.25, -0.2) is 0 Å². The van der Waals surface area contributed by atoms with Gasteiger partial charge in [0.2, 0.25) is 0 Å². The fourth-order valence-electron chi connectivity index (χ4n) is 2.53. The van der Waals surface area contributed by atoms with E-state index >= 15 is 0 Å². The fraction of sp³-hybridized carbons (Fsp3) is 0.158. The molecule has 3 aromatic rings. The Hall–Kier alpha value is -2.12. The van der Waals surface area contributed by atoms with Gasteiger partial charge in [-0.3, -0.25) is 9.78 Å². The van der Waals surface area contributed by atoms with Crippen LogP contribution >= 0.6 is 31.9 Å². The molecule has 2 aromatic carbocycles. The summed E-state index contributed by atoms with van der Waals surface area (Å²) in [6, 6.07) is 11.2. The van der Waals surface area contributed by atoms with Gasteiger partial charge in [0.1, 0.15) is 11.3 Å². The zero-order valence-electron chi connectivity index (χ0n) is 14.2. The predicted molar refractivity (Wildman–Crippen MR) is 109 cm³/mol. The van der Waals surface area contributed by atoms with E-state index < -0.39 is 0 Å². The Morgan fingerprint density at radius 2 is 2.00 bits per heavy atom. The summed E-state index contributed by atoms with van der Waals surface area (Å²) in [5, 5.41) is 3.73. The highest BCUT2D eigenvalue weighted by atomic mass is 79.9. The Morgan fingerprint density at radius 1 is 1.19 bits per heavy atom. The Kier molecular flexibility index (Phi) is 5.78. The average Bonchev–Trinajstić information content (AvgIpc) is 2.62. The van der Waals surface area contributed by atoms with Gasteiger partial charge in [0.25, 0.3) is 5.91 Å². The number of carbonyl (C=O) groups is 1. The van der Waals surface area contributed by atoms with Crippen LogP contribution < -0.4 is 14.8 Å². The van der Waals surface area contributed by atoms with Gasteiger partial charge in [-0.05, 0) is 52.7 Å². The van der Waals surface area contributed by atoms with Gasteiger partial charge in [-0.15, -0.1) is 0 Å². The maximum Gasteiger partial charge on any atom is 0.262 e. The second-order valence-electron chi connectivity index (χ2n) is 5.61. The second kappa shape index (κ2) is 8.05. The number of benzene rings is 2. The van der Waals surface area contributed by atoms with Gasteiger partial charge >= 0.3 is 0 Å². The first-order valence-electron chi connectivity index (χ1n) is 7.79. The number of nitrogens with zero attached hydrogens (tertiary/aromatic N) is 1. The topological polar surface area (TPSA) is 60.5 Å². The molecule has 1 N–H and O–H groups in total. The van der Waals surface area contributed by atoms with E-state index in [1.54, 1.807) is 13.3 Å². The maximum absolute atomic E-state index is 12.3. The highest BCUT2D eigenvalue weighted by Crippen LogP contribution is 2.37. The molecule has 7 heteroatoms. The van der Waals surface area contributed by atoms with Gasteiger partial charge in [0, 0.05) is 16.1 Å². The highest BCUT2D eigenvalue weighted by molar-refractivity contribution is 9.11. The molecule has 0 spiro atoms. The molecule has 5 nitrogen and oxygen atoms in total. The van der Waals surface area contributed by atoms with E-state index in [1.165, 1.54) is 0 Å². The van der Waals surface area contributed by atoms with Crippen molar-refractivity contribution in [2.75, 3.05) is 19.0 Å². The van der Waals surface area contributed by atoms with Crippen molar-refractivity contribution in [3.63, 3.8) is 0 Å². The SMILES string of the molecule is COc1ccc(C)cc1NC(=O)COc1c(Br)cc(Br)c2cccnc12. The summed E-state index contributed by atoms with van der Waals surface area (Å²) in [4.78, 5) is 16.7. The molecule has 0 unspecified atom stereocenters. The molecule has 3 rings (SSSR count). The lowest BCUT2D eigenvalue weighted by Gasteiger charge is -2.13. The number of rotatable bonds is 5. The normalized spacial score (nSPS) is 10.6. The number of hydrogen-bond donors (Lipinski definition) is 1. The molecule has 1 heterocycles. The Bertz CT molecular complexity index is 976. The number of pyridine rings is 1. The van der Waals surface area contributed by atoms with Crippen LogP contribution in [0.15, 0.2) is 51.5 Å². The lowest BCUT2D eigenvalue weighted by molar-refractivity contribution is -0.118. The number of anilines is 1. The lowest BCUT2D eigenvalue weighted by Crippen LogP contribution is -2.21. The molecule has 0 aliphatic heterocycles. The van der Waals surface area contributed by atoms with Crippen LogP contribution in [0.4, 0.5) is 5.69 Å². The van der Waals surface area contributed by atoms with Crippen molar-refractivity contribution >= 4 is 54.4 Å². The van der Waals surface area contributed by atoms with Gasteiger partial charge < -0.3 is 14.8 Å². The molecule has 134 valence electrons. The summed E-state index contributed by atoms with van der Waals surface area (Å²) >= 11 is 6.98. The van der Waals surface area contributed by atoms with Gasteiger partial charge in [0.05, 0.1) is 17.3 Å². The summed E-state index contributed by atoms with van der Waals surface area (Å²) in [5.74, 6) is 0.837. The van der Waals surface area contributed by atoms with Crippen LogP contribution in [0.2, 0.25) is 0 Å². The van der Waals surface area contributed by atoms with Crippen molar-refractivity contribution in [1.82, 2.24) is 4.98 Å². The predicted octanol–water partition coefficient (Wildman–Crippen LogP) is 5.09. The summed E-state index contributed by atoms with van der Waals surface area (Å²) in [6.07, 6.45) is 1.69. The molecule has 0 saturated carbocycles. The maximum atomic E-state index is 12.3. The fourth-order valence-corrected chi connectivity index (χ4v) is 3.91. The van der Waals surface area contributed by atoms with Crippen molar-refractivity contribution in [1.29, 1.82) is 0 Å². The number of nitrogens with one attached hydrogen (secondary N) is 1. The first-order valence-corrected chi connectivity index (χ1v) is 9.38. The minimum absolute atomic E-state index is 0.150. The molecule has 0 saturated heterocycles. The van der Waals surface area contributed by atoms with Crippen molar-refractivity contribution in [2.45, 2.75) is 6.92 Å². The Balaban J connectivity index is 1.79. The molecule has 0 aliphatic carbocycles. The summed E-state index contributed by atoms with van der Waals surface area (Å²) in [7, 11) is 1.56. The Morgan fingerprint density at radius 3 is 2.77 bits per heavy atom. The van der Waals surface area contributed by atoms with Crippen LogP contribution in [0.25, 0.3) is 10.9 Å².